The second kappa shape index (κ2) is 12.2. The molecule has 0 saturated carbocycles. The van der Waals surface area contributed by atoms with E-state index in [4.69, 9.17) is 15.0 Å². The quantitative estimate of drug-likeness (QED) is 0.181. The number of fused-ring (bicyclic) bond motifs is 9. The standard InChI is InChI=1S/C51H30N4S/c1-2-14-33-29-46-43(28-32(33)13-1)38-17-5-7-23-44(38)55(46)45-24-11-19-36-37(45)20-10-22-42(36)51-53-49(34-26-27-40-39-18-6-8-25-47(39)56-48(40)30-34)52-50(54-51)41-21-9-15-31-12-3-4-16-35(31)41/h1-30H. The maximum atomic E-state index is 5.30. The van der Waals surface area contributed by atoms with Crippen LogP contribution < -0.4 is 0 Å². The van der Waals surface area contributed by atoms with Crippen LogP contribution in [0.15, 0.2) is 182 Å². The predicted octanol–water partition coefficient (Wildman–Crippen LogP) is 13.8. The Morgan fingerprint density at radius 1 is 0.339 bits per heavy atom. The molecular formula is C51H30N4S. The summed E-state index contributed by atoms with van der Waals surface area (Å²) in [6, 6.07) is 65.1. The first-order valence-corrected chi connectivity index (χ1v) is 19.7. The van der Waals surface area contributed by atoms with Gasteiger partial charge < -0.3 is 4.57 Å². The molecule has 0 aliphatic heterocycles. The van der Waals surface area contributed by atoms with Crippen LogP contribution in [0.3, 0.4) is 0 Å². The Kier molecular flexibility index (Phi) is 6.76. The fourth-order valence-electron chi connectivity index (χ4n) is 8.63. The first-order valence-electron chi connectivity index (χ1n) is 18.9. The molecule has 0 saturated heterocycles. The summed E-state index contributed by atoms with van der Waals surface area (Å²) in [5.74, 6) is 1.95. The molecule has 260 valence electrons. The topological polar surface area (TPSA) is 43.6 Å². The molecule has 4 nitrogen and oxygen atoms in total. The maximum Gasteiger partial charge on any atom is 0.164 e. The van der Waals surface area contributed by atoms with E-state index in [1.54, 1.807) is 11.3 Å². The number of hydrogen-bond acceptors (Lipinski definition) is 4. The van der Waals surface area contributed by atoms with Gasteiger partial charge in [0.25, 0.3) is 0 Å². The molecule has 56 heavy (non-hydrogen) atoms. The number of para-hydroxylation sites is 1. The summed E-state index contributed by atoms with van der Waals surface area (Å²) in [6.45, 7) is 0. The summed E-state index contributed by atoms with van der Waals surface area (Å²) in [4.78, 5) is 15.8. The highest BCUT2D eigenvalue weighted by Crippen LogP contribution is 2.40. The van der Waals surface area contributed by atoms with Crippen molar-refractivity contribution in [1.82, 2.24) is 19.5 Å². The third-order valence-electron chi connectivity index (χ3n) is 11.2. The lowest BCUT2D eigenvalue weighted by molar-refractivity contribution is 1.08. The summed E-state index contributed by atoms with van der Waals surface area (Å²) in [5, 5.41) is 11.9. The van der Waals surface area contributed by atoms with E-state index in [1.807, 2.05) is 0 Å². The van der Waals surface area contributed by atoms with E-state index < -0.39 is 0 Å². The molecule has 12 aromatic rings. The molecule has 0 bridgehead atoms. The first kappa shape index (κ1) is 31.2. The molecule has 5 heteroatoms. The van der Waals surface area contributed by atoms with Crippen LogP contribution in [0.2, 0.25) is 0 Å². The Morgan fingerprint density at radius 2 is 0.929 bits per heavy atom. The molecule has 0 aliphatic carbocycles. The van der Waals surface area contributed by atoms with Crippen molar-refractivity contribution in [2.75, 3.05) is 0 Å². The van der Waals surface area contributed by atoms with Crippen molar-refractivity contribution >= 4 is 85.6 Å². The van der Waals surface area contributed by atoms with Gasteiger partial charge in [-0.3, -0.25) is 0 Å². The van der Waals surface area contributed by atoms with Crippen molar-refractivity contribution < 1.29 is 0 Å². The number of benzene rings is 9. The molecule has 3 heterocycles. The third kappa shape index (κ3) is 4.75. The van der Waals surface area contributed by atoms with Gasteiger partial charge >= 0.3 is 0 Å². The van der Waals surface area contributed by atoms with Gasteiger partial charge in [0.15, 0.2) is 17.5 Å². The van der Waals surface area contributed by atoms with Gasteiger partial charge in [0.1, 0.15) is 0 Å². The molecule has 0 amide bonds. The average Bonchev–Trinajstić information content (AvgIpc) is 3.79. The Bertz CT molecular complexity index is 3550. The van der Waals surface area contributed by atoms with Gasteiger partial charge in [0, 0.05) is 53.0 Å². The minimum Gasteiger partial charge on any atom is -0.309 e. The van der Waals surface area contributed by atoms with E-state index in [0.29, 0.717) is 17.5 Å². The highest BCUT2D eigenvalue weighted by molar-refractivity contribution is 7.25. The zero-order valence-electron chi connectivity index (χ0n) is 30.0. The lowest BCUT2D eigenvalue weighted by Gasteiger charge is -2.15. The summed E-state index contributed by atoms with van der Waals surface area (Å²) >= 11 is 1.80. The Labute approximate surface area is 325 Å². The molecule has 0 aliphatic rings. The van der Waals surface area contributed by atoms with Crippen molar-refractivity contribution in [3.8, 4) is 39.9 Å². The number of nitrogens with zero attached hydrogens (tertiary/aromatic N) is 4. The van der Waals surface area contributed by atoms with Crippen LogP contribution in [0.1, 0.15) is 0 Å². The molecule has 0 unspecified atom stereocenters. The second-order valence-corrected chi connectivity index (χ2v) is 15.5. The Hall–Kier alpha value is -7.21. The van der Waals surface area contributed by atoms with E-state index in [1.165, 1.54) is 52.8 Å². The first-order chi connectivity index (χ1) is 27.7. The molecule has 0 spiro atoms. The Morgan fingerprint density at radius 3 is 1.79 bits per heavy atom. The van der Waals surface area contributed by atoms with Crippen molar-refractivity contribution in [3.63, 3.8) is 0 Å². The molecule has 3 aromatic heterocycles. The normalized spacial score (nSPS) is 11.9. The van der Waals surface area contributed by atoms with Crippen LogP contribution in [0.5, 0.6) is 0 Å². The van der Waals surface area contributed by atoms with Crippen molar-refractivity contribution in [2.45, 2.75) is 0 Å². The molecule has 0 fully saturated rings. The van der Waals surface area contributed by atoms with Gasteiger partial charge in [-0.05, 0) is 63.3 Å². The fraction of sp³-hybridized carbons (Fsp3) is 0. The minimum atomic E-state index is 0.644. The Balaban J connectivity index is 1.11. The lowest BCUT2D eigenvalue weighted by atomic mass is 10.0. The average molecular weight is 731 g/mol. The molecule has 0 atom stereocenters. The van der Waals surface area contributed by atoms with E-state index in [9.17, 15) is 0 Å². The number of rotatable bonds is 4. The number of hydrogen-bond donors (Lipinski definition) is 0. The van der Waals surface area contributed by atoms with Gasteiger partial charge in [-0.2, -0.15) is 0 Å². The van der Waals surface area contributed by atoms with Crippen LogP contribution in [-0.2, 0) is 0 Å². The van der Waals surface area contributed by atoms with Crippen LogP contribution in [-0.4, -0.2) is 19.5 Å². The summed E-state index contributed by atoms with van der Waals surface area (Å²) in [5.41, 5.74) is 6.38. The monoisotopic (exact) mass is 730 g/mol. The molecular weight excluding hydrogens is 701 g/mol. The van der Waals surface area contributed by atoms with Crippen LogP contribution in [0.25, 0.3) is 114 Å². The van der Waals surface area contributed by atoms with E-state index in [-0.39, 0.29) is 0 Å². The minimum absolute atomic E-state index is 0.644. The third-order valence-corrected chi connectivity index (χ3v) is 12.4. The second-order valence-electron chi connectivity index (χ2n) is 14.4. The van der Waals surface area contributed by atoms with Crippen LogP contribution >= 0.6 is 11.3 Å². The molecule has 0 N–H and O–H groups in total. The van der Waals surface area contributed by atoms with Crippen molar-refractivity contribution in [1.29, 1.82) is 0 Å². The van der Waals surface area contributed by atoms with Gasteiger partial charge in [0.2, 0.25) is 0 Å². The summed E-state index contributed by atoms with van der Waals surface area (Å²) in [7, 11) is 0. The number of thiophene rings is 1. The van der Waals surface area contributed by atoms with Gasteiger partial charge in [0.05, 0.1) is 16.7 Å². The van der Waals surface area contributed by atoms with Gasteiger partial charge in [-0.15, -0.1) is 11.3 Å². The molecule has 12 rings (SSSR count). The fourth-order valence-corrected chi connectivity index (χ4v) is 9.77. The smallest absolute Gasteiger partial charge is 0.164 e. The van der Waals surface area contributed by atoms with Crippen molar-refractivity contribution in [3.05, 3.63) is 182 Å². The lowest BCUT2D eigenvalue weighted by Crippen LogP contribution is -2.01. The van der Waals surface area contributed by atoms with E-state index >= 15 is 0 Å². The maximum absolute atomic E-state index is 5.30. The van der Waals surface area contributed by atoms with Gasteiger partial charge in [-0.1, -0.05) is 146 Å². The highest BCUT2D eigenvalue weighted by Gasteiger charge is 2.19. The predicted molar refractivity (Wildman–Crippen MR) is 236 cm³/mol. The van der Waals surface area contributed by atoms with Crippen LogP contribution in [0, 0.1) is 0 Å². The van der Waals surface area contributed by atoms with E-state index in [0.717, 1.165) is 43.9 Å². The van der Waals surface area contributed by atoms with Crippen molar-refractivity contribution in [2.24, 2.45) is 0 Å². The summed E-state index contributed by atoms with van der Waals surface area (Å²) in [6.07, 6.45) is 0. The molecule has 0 radical (unpaired) electrons. The zero-order chi connectivity index (χ0) is 36.7. The highest BCUT2D eigenvalue weighted by atomic mass is 32.1. The molecule has 9 aromatic carbocycles. The number of aromatic nitrogens is 4. The zero-order valence-corrected chi connectivity index (χ0v) is 30.8. The summed E-state index contributed by atoms with van der Waals surface area (Å²) < 4.78 is 4.91. The largest absolute Gasteiger partial charge is 0.309 e. The van der Waals surface area contributed by atoms with Crippen LogP contribution in [0.4, 0.5) is 0 Å². The van der Waals surface area contributed by atoms with E-state index in [2.05, 4.69) is 187 Å². The SMILES string of the molecule is c1ccc2cc3c(cc2c1)c1ccccc1n3-c1cccc2c(-c3nc(-c4ccc5c(c4)sc4ccccc45)nc(-c4cccc5ccccc45)n3)cccc12. The van der Waals surface area contributed by atoms with Gasteiger partial charge in [-0.25, -0.2) is 15.0 Å².